The summed E-state index contributed by atoms with van der Waals surface area (Å²) in [7, 11) is -1.96. The number of carbonyl (C=O) groups excluding carboxylic acids is 2. The Morgan fingerprint density at radius 2 is 1.76 bits per heavy atom. The Kier molecular flexibility index (Phi) is 5.49. The smallest absolute Gasteiger partial charge is 0.354 e. The molecule has 1 heterocycles. The number of esters is 2. The molecule has 1 aliphatic rings. The molecule has 0 amide bonds. The summed E-state index contributed by atoms with van der Waals surface area (Å²) in [4.78, 5) is 22.9. The summed E-state index contributed by atoms with van der Waals surface area (Å²) < 4.78 is 43.4. The summed E-state index contributed by atoms with van der Waals surface area (Å²) in [6.45, 7) is 0.516. The van der Waals surface area contributed by atoms with Crippen LogP contribution in [0.2, 0.25) is 0 Å². The number of anilines is 1. The second kappa shape index (κ2) is 7.40. The molecule has 0 atom stereocenters. The van der Waals surface area contributed by atoms with Gasteiger partial charge in [-0.05, 0) is 0 Å². The lowest BCUT2D eigenvalue weighted by Crippen LogP contribution is -2.21. The maximum absolute atomic E-state index is 11.9. The molecule has 1 aromatic rings. The highest BCUT2D eigenvalue weighted by atomic mass is 32.2. The third kappa shape index (κ3) is 4.39. The zero-order valence-corrected chi connectivity index (χ0v) is 14.2. The topological polar surface area (TPSA) is 143 Å². The first-order valence-electron chi connectivity index (χ1n) is 6.87. The van der Waals surface area contributed by atoms with Crippen LogP contribution in [0, 0.1) is 0 Å². The molecule has 0 aliphatic carbocycles. The number of methoxy groups -OCH3 is 2. The van der Waals surface area contributed by atoms with Gasteiger partial charge in [-0.25, -0.2) is 23.1 Å². The summed E-state index contributed by atoms with van der Waals surface area (Å²) in [6, 6.07) is 2.46. The predicted octanol–water partition coefficient (Wildman–Crippen LogP) is -0.253. The van der Waals surface area contributed by atoms with Crippen LogP contribution >= 0.6 is 0 Å². The van der Waals surface area contributed by atoms with Crippen molar-refractivity contribution < 1.29 is 37.0 Å². The van der Waals surface area contributed by atoms with Crippen LogP contribution in [-0.4, -0.2) is 47.8 Å². The van der Waals surface area contributed by atoms with Crippen LogP contribution in [0.4, 0.5) is 5.69 Å². The fraction of sp³-hybridized carbons (Fsp3) is 0.286. The SMILES string of the molecule is COC(=O)/C=C(/Nc1cc2c(cc1S(N)(=O)=O)OCCO2)C(=O)OC. The van der Waals surface area contributed by atoms with Gasteiger partial charge in [0.1, 0.15) is 23.8 Å². The molecule has 0 saturated carbocycles. The summed E-state index contributed by atoms with van der Waals surface area (Å²) in [6.07, 6.45) is 0.815. The fourth-order valence-corrected chi connectivity index (χ4v) is 2.67. The van der Waals surface area contributed by atoms with E-state index in [2.05, 4.69) is 14.8 Å². The van der Waals surface area contributed by atoms with Gasteiger partial charge in [-0.3, -0.25) is 0 Å². The van der Waals surface area contributed by atoms with Gasteiger partial charge in [0.2, 0.25) is 10.0 Å². The van der Waals surface area contributed by atoms with Gasteiger partial charge in [0.05, 0.1) is 26.0 Å². The third-order valence-electron chi connectivity index (χ3n) is 3.09. The van der Waals surface area contributed by atoms with Gasteiger partial charge in [-0.1, -0.05) is 0 Å². The Balaban J connectivity index is 2.53. The van der Waals surface area contributed by atoms with E-state index in [9.17, 15) is 18.0 Å². The second-order valence-electron chi connectivity index (χ2n) is 4.73. The highest BCUT2D eigenvalue weighted by Gasteiger charge is 2.24. The molecule has 2 rings (SSSR count). The van der Waals surface area contributed by atoms with Gasteiger partial charge in [-0.15, -0.1) is 0 Å². The number of fused-ring (bicyclic) bond motifs is 1. The zero-order chi connectivity index (χ0) is 18.6. The van der Waals surface area contributed by atoms with E-state index < -0.39 is 22.0 Å². The highest BCUT2D eigenvalue weighted by molar-refractivity contribution is 7.89. The van der Waals surface area contributed by atoms with Crippen molar-refractivity contribution in [2.75, 3.05) is 32.8 Å². The lowest BCUT2D eigenvalue weighted by Gasteiger charge is -2.21. The minimum Gasteiger partial charge on any atom is -0.486 e. The summed E-state index contributed by atoms with van der Waals surface area (Å²) >= 11 is 0. The molecule has 0 radical (unpaired) electrons. The van der Waals surface area contributed by atoms with E-state index in [1.54, 1.807) is 0 Å². The quantitative estimate of drug-likeness (QED) is 0.528. The van der Waals surface area contributed by atoms with Crippen LogP contribution in [0.15, 0.2) is 28.8 Å². The monoisotopic (exact) mass is 372 g/mol. The molecule has 136 valence electrons. The van der Waals surface area contributed by atoms with E-state index in [0.717, 1.165) is 20.3 Å². The number of sulfonamides is 1. The number of carbonyl (C=O) groups is 2. The molecule has 0 bridgehead atoms. The van der Waals surface area contributed by atoms with E-state index in [4.69, 9.17) is 14.6 Å². The molecule has 0 aromatic heterocycles. The lowest BCUT2D eigenvalue weighted by molar-refractivity contribution is -0.138. The number of rotatable bonds is 5. The van der Waals surface area contributed by atoms with Crippen LogP contribution in [0.5, 0.6) is 11.5 Å². The van der Waals surface area contributed by atoms with Gasteiger partial charge in [0, 0.05) is 12.1 Å². The van der Waals surface area contributed by atoms with Gasteiger partial charge in [-0.2, -0.15) is 0 Å². The van der Waals surface area contributed by atoms with Crippen molar-refractivity contribution in [1.29, 1.82) is 0 Å². The number of hydrogen-bond acceptors (Lipinski definition) is 9. The van der Waals surface area contributed by atoms with Crippen molar-refractivity contribution >= 4 is 27.6 Å². The summed E-state index contributed by atoms with van der Waals surface area (Å²) in [5, 5.41) is 7.72. The molecule has 0 saturated heterocycles. The largest absolute Gasteiger partial charge is 0.486 e. The van der Waals surface area contributed by atoms with Crippen molar-refractivity contribution in [3.63, 3.8) is 0 Å². The zero-order valence-electron chi connectivity index (χ0n) is 13.4. The van der Waals surface area contributed by atoms with E-state index >= 15 is 0 Å². The Morgan fingerprint density at radius 3 is 2.28 bits per heavy atom. The Bertz CT molecular complexity index is 831. The molecule has 0 spiro atoms. The second-order valence-corrected chi connectivity index (χ2v) is 6.26. The molecule has 10 nitrogen and oxygen atoms in total. The first-order chi connectivity index (χ1) is 11.8. The van der Waals surface area contributed by atoms with E-state index in [1.807, 2.05) is 0 Å². The summed E-state index contributed by atoms with van der Waals surface area (Å²) in [5.41, 5.74) is -0.441. The average molecular weight is 372 g/mol. The normalized spacial score (nSPS) is 13.8. The molecule has 25 heavy (non-hydrogen) atoms. The molecule has 1 aliphatic heterocycles. The molecular weight excluding hydrogens is 356 g/mol. The minimum absolute atomic E-state index is 0.0905. The van der Waals surface area contributed by atoms with Gasteiger partial charge in [0.15, 0.2) is 11.5 Å². The van der Waals surface area contributed by atoms with Crippen LogP contribution in [0.3, 0.4) is 0 Å². The first kappa shape index (κ1) is 18.5. The van der Waals surface area contributed by atoms with Crippen molar-refractivity contribution in [2.24, 2.45) is 5.14 Å². The molecule has 0 fully saturated rings. The van der Waals surface area contributed by atoms with Crippen LogP contribution < -0.4 is 19.9 Å². The fourth-order valence-electron chi connectivity index (χ4n) is 1.98. The van der Waals surface area contributed by atoms with Crippen molar-refractivity contribution in [3.05, 3.63) is 23.9 Å². The van der Waals surface area contributed by atoms with Gasteiger partial charge in [0.25, 0.3) is 0 Å². The van der Waals surface area contributed by atoms with E-state index in [1.165, 1.54) is 12.1 Å². The third-order valence-corrected chi connectivity index (χ3v) is 4.04. The Hall–Kier alpha value is -2.79. The predicted molar refractivity (Wildman–Crippen MR) is 84.5 cm³/mol. The van der Waals surface area contributed by atoms with Crippen molar-refractivity contribution in [3.8, 4) is 11.5 Å². The number of primary sulfonamides is 1. The first-order valence-corrected chi connectivity index (χ1v) is 8.42. The van der Waals surface area contributed by atoms with Crippen molar-refractivity contribution in [1.82, 2.24) is 0 Å². The van der Waals surface area contributed by atoms with E-state index in [-0.39, 0.29) is 41.0 Å². The maximum Gasteiger partial charge on any atom is 0.354 e. The van der Waals surface area contributed by atoms with Gasteiger partial charge < -0.3 is 24.3 Å². The molecule has 11 heteroatoms. The van der Waals surface area contributed by atoms with Crippen LogP contribution in [0.1, 0.15) is 0 Å². The van der Waals surface area contributed by atoms with Crippen LogP contribution in [0.25, 0.3) is 0 Å². The lowest BCUT2D eigenvalue weighted by atomic mass is 10.2. The molecular formula is C14H16N2O8S. The molecule has 0 unspecified atom stereocenters. The number of benzene rings is 1. The minimum atomic E-state index is -4.17. The van der Waals surface area contributed by atoms with E-state index in [0.29, 0.717) is 0 Å². The standard InChI is InChI=1S/C14H16N2O8S/c1-21-13(17)6-9(14(18)22-2)16-8-5-10-11(24-4-3-23-10)7-12(8)25(15,19)20/h5-7,16H,3-4H2,1-2H3,(H2,15,19,20)/b9-6+. The number of ether oxygens (including phenoxy) is 4. The summed E-state index contributed by atoms with van der Waals surface area (Å²) in [5.74, 6) is -1.32. The molecule has 1 aromatic carbocycles. The number of hydrogen-bond donors (Lipinski definition) is 2. The maximum atomic E-state index is 11.9. The Labute approximate surface area is 143 Å². The van der Waals surface area contributed by atoms with Gasteiger partial charge >= 0.3 is 11.9 Å². The average Bonchev–Trinajstić information content (AvgIpc) is 2.58. The molecule has 3 N–H and O–H groups in total. The highest BCUT2D eigenvalue weighted by Crippen LogP contribution is 2.37. The van der Waals surface area contributed by atoms with Crippen molar-refractivity contribution in [2.45, 2.75) is 4.90 Å². The Morgan fingerprint density at radius 1 is 1.16 bits per heavy atom. The number of nitrogens with one attached hydrogen (secondary N) is 1. The number of nitrogens with two attached hydrogens (primary N) is 1. The van der Waals surface area contributed by atoms with Crippen LogP contribution in [-0.2, 0) is 29.1 Å².